The monoisotopic (exact) mass is 258 g/mol. The lowest BCUT2D eigenvalue weighted by atomic mass is 9.75. The van der Waals surface area contributed by atoms with Crippen molar-refractivity contribution >= 4 is 22.9 Å². The van der Waals surface area contributed by atoms with Crippen LogP contribution in [0.5, 0.6) is 0 Å². The molecule has 1 aliphatic carbocycles. The van der Waals surface area contributed by atoms with Crippen LogP contribution in [0.4, 0.5) is 0 Å². The zero-order valence-corrected chi connectivity index (χ0v) is 11.5. The third-order valence-electron chi connectivity index (χ3n) is 3.27. The van der Waals surface area contributed by atoms with Gasteiger partial charge in [-0.2, -0.15) is 0 Å². The van der Waals surface area contributed by atoms with E-state index in [9.17, 15) is 0 Å². The molecule has 1 saturated carbocycles. The summed E-state index contributed by atoms with van der Waals surface area (Å²) in [6.07, 6.45) is 6.99. The molecule has 2 rings (SSSR count). The molecular weight excluding hydrogens is 240 g/mol. The van der Waals surface area contributed by atoms with Crippen LogP contribution in [0, 0.1) is 5.41 Å². The van der Waals surface area contributed by atoms with Gasteiger partial charge in [0, 0.05) is 12.6 Å². The van der Waals surface area contributed by atoms with Crippen molar-refractivity contribution in [2.75, 3.05) is 0 Å². The van der Waals surface area contributed by atoms with E-state index in [1.165, 1.54) is 25.7 Å². The molecule has 90 valence electrons. The van der Waals surface area contributed by atoms with Gasteiger partial charge in [-0.3, -0.25) is 0 Å². The summed E-state index contributed by atoms with van der Waals surface area (Å²) < 4.78 is 0.778. The van der Waals surface area contributed by atoms with E-state index >= 15 is 0 Å². The maximum atomic E-state index is 5.86. The second kappa shape index (κ2) is 5.03. The second-order valence-corrected chi connectivity index (χ2v) is 7.14. The minimum atomic E-state index is 0.496. The van der Waals surface area contributed by atoms with E-state index in [1.807, 2.05) is 0 Å². The molecule has 0 aliphatic heterocycles. The zero-order chi connectivity index (χ0) is 11.6. The van der Waals surface area contributed by atoms with Crippen LogP contribution in [0.15, 0.2) is 6.20 Å². The van der Waals surface area contributed by atoms with Gasteiger partial charge in [-0.25, -0.2) is 4.98 Å². The van der Waals surface area contributed by atoms with Crippen molar-refractivity contribution in [1.29, 1.82) is 0 Å². The van der Waals surface area contributed by atoms with Gasteiger partial charge in [-0.15, -0.1) is 11.3 Å². The molecule has 1 unspecified atom stereocenters. The number of aromatic nitrogens is 1. The summed E-state index contributed by atoms with van der Waals surface area (Å²) in [6.45, 7) is 5.58. The van der Waals surface area contributed by atoms with Crippen LogP contribution in [0.25, 0.3) is 0 Å². The van der Waals surface area contributed by atoms with Crippen molar-refractivity contribution in [3.8, 4) is 0 Å². The number of rotatable bonds is 3. The summed E-state index contributed by atoms with van der Waals surface area (Å²) in [5.41, 5.74) is 0.496. The number of halogens is 1. The van der Waals surface area contributed by atoms with Crippen LogP contribution in [0.3, 0.4) is 0 Å². The second-order valence-electron chi connectivity index (χ2n) is 5.40. The van der Waals surface area contributed by atoms with Crippen molar-refractivity contribution in [1.82, 2.24) is 10.3 Å². The van der Waals surface area contributed by atoms with Crippen molar-refractivity contribution in [3.05, 3.63) is 15.5 Å². The molecule has 0 saturated heterocycles. The highest BCUT2D eigenvalue weighted by atomic mass is 35.5. The summed E-state index contributed by atoms with van der Waals surface area (Å²) >= 11 is 7.42. The fourth-order valence-corrected chi connectivity index (χ4v) is 3.38. The van der Waals surface area contributed by atoms with E-state index in [0.717, 1.165) is 15.9 Å². The van der Waals surface area contributed by atoms with E-state index in [1.54, 1.807) is 17.5 Å². The highest BCUT2D eigenvalue weighted by Gasteiger charge is 2.27. The van der Waals surface area contributed by atoms with Gasteiger partial charge in [0.05, 0.1) is 6.20 Å². The van der Waals surface area contributed by atoms with E-state index in [0.29, 0.717) is 11.5 Å². The van der Waals surface area contributed by atoms with Gasteiger partial charge in [0.25, 0.3) is 0 Å². The van der Waals surface area contributed by atoms with Gasteiger partial charge in [0.1, 0.15) is 9.34 Å². The Hall–Kier alpha value is -0.120. The average molecular weight is 259 g/mol. The Kier molecular flexibility index (Phi) is 3.88. The first-order valence-corrected chi connectivity index (χ1v) is 7.08. The number of nitrogens with one attached hydrogen (secondary N) is 1. The Morgan fingerprint density at radius 2 is 2.44 bits per heavy atom. The summed E-state index contributed by atoms with van der Waals surface area (Å²) in [7, 11) is 0. The molecule has 1 aliphatic rings. The van der Waals surface area contributed by atoms with Crippen molar-refractivity contribution in [2.24, 2.45) is 5.41 Å². The normalized spacial score (nSPS) is 24.6. The molecule has 4 heteroatoms. The summed E-state index contributed by atoms with van der Waals surface area (Å²) in [5.74, 6) is 0. The predicted octanol–water partition coefficient (Wildman–Crippen LogP) is 3.85. The first-order valence-electron chi connectivity index (χ1n) is 5.89. The molecule has 1 heterocycles. The highest BCUT2D eigenvalue weighted by Crippen LogP contribution is 2.35. The third kappa shape index (κ3) is 3.44. The molecule has 16 heavy (non-hydrogen) atoms. The lowest BCUT2D eigenvalue weighted by Gasteiger charge is -2.35. The first-order chi connectivity index (χ1) is 7.55. The quantitative estimate of drug-likeness (QED) is 0.891. The average Bonchev–Trinajstić information content (AvgIpc) is 2.60. The third-order valence-corrected chi connectivity index (χ3v) is 4.39. The fraction of sp³-hybridized carbons (Fsp3) is 0.750. The van der Waals surface area contributed by atoms with Gasteiger partial charge in [-0.1, -0.05) is 31.9 Å². The molecule has 0 amide bonds. The van der Waals surface area contributed by atoms with E-state index in [-0.39, 0.29) is 0 Å². The Morgan fingerprint density at radius 3 is 3.06 bits per heavy atom. The van der Waals surface area contributed by atoms with Crippen molar-refractivity contribution < 1.29 is 0 Å². The lowest BCUT2D eigenvalue weighted by Crippen LogP contribution is -2.36. The topological polar surface area (TPSA) is 24.9 Å². The molecule has 1 aromatic heterocycles. The SMILES string of the molecule is CC1(C)CCCC(NCc2ncc(Cl)s2)C1. The van der Waals surface area contributed by atoms with E-state index in [2.05, 4.69) is 24.1 Å². The predicted molar refractivity (Wildman–Crippen MR) is 70.0 cm³/mol. The standard InChI is InChI=1S/C12H19ClN2S/c1-12(2)5-3-4-9(6-12)14-8-11-15-7-10(13)16-11/h7,9,14H,3-6,8H2,1-2H3. The van der Waals surface area contributed by atoms with Gasteiger partial charge in [0.15, 0.2) is 0 Å². The van der Waals surface area contributed by atoms with Crippen LogP contribution in [0.1, 0.15) is 44.5 Å². The minimum absolute atomic E-state index is 0.496. The van der Waals surface area contributed by atoms with Crippen molar-refractivity contribution in [3.63, 3.8) is 0 Å². The molecule has 1 atom stereocenters. The van der Waals surface area contributed by atoms with Crippen LogP contribution in [-0.2, 0) is 6.54 Å². The minimum Gasteiger partial charge on any atom is -0.308 e. The van der Waals surface area contributed by atoms with Gasteiger partial charge in [0.2, 0.25) is 0 Å². The number of nitrogens with zero attached hydrogens (tertiary/aromatic N) is 1. The van der Waals surface area contributed by atoms with Crippen LogP contribution in [-0.4, -0.2) is 11.0 Å². The number of thiazole rings is 1. The lowest BCUT2D eigenvalue weighted by molar-refractivity contribution is 0.197. The number of hydrogen-bond donors (Lipinski definition) is 1. The molecule has 0 spiro atoms. The molecular formula is C12H19ClN2S. The Bertz CT molecular complexity index is 349. The maximum absolute atomic E-state index is 5.86. The van der Waals surface area contributed by atoms with Crippen LogP contribution < -0.4 is 5.32 Å². The van der Waals surface area contributed by atoms with Gasteiger partial charge < -0.3 is 5.32 Å². The maximum Gasteiger partial charge on any atom is 0.113 e. The van der Waals surface area contributed by atoms with Crippen LogP contribution >= 0.6 is 22.9 Å². The van der Waals surface area contributed by atoms with Crippen LogP contribution in [0.2, 0.25) is 4.34 Å². The highest BCUT2D eigenvalue weighted by molar-refractivity contribution is 7.15. The molecule has 2 nitrogen and oxygen atoms in total. The van der Waals surface area contributed by atoms with Crippen molar-refractivity contribution in [2.45, 2.75) is 52.1 Å². The molecule has 0 bridgehead atoms. The van der Waals surface area contributed by atoms with Gasteiger partial charge >= 0.3 is 0 Å². The molecule has 1 N–H and O–H groups in total. The summed E-state index contributed by atoms with van der Waals surface area (Å²) in [4.78, 5) is 4.26. The zero-order valence-electron chi connectivity index (χ0n) is 9.92. The first kappa shape index (κ1) is 12.3. The van der Waals surface area contributed by atoms with E-state index < -0.39 is 0 Å². The fourth-order valence-electron chi connectivity index (χ4n) is 2.47. The Balaban J connectivity index is 1.82. The van der Waals surface area contributed by atoms with E-state index in [4.69, 9.17) is 11.6 Å². The molecule has 1 aromatic rings. The largest absolute Gasteiger partial charge is 0.308 e. The summed E-state index contributed by atoms with van der Waals surface area (Å²) in [6, 6.07) is 0.645. The number of hydrogen-bond acceptors (Lipinski definition) is 3. The summed E-state index contributed by atoms with van der Waals surface area (Å²) in [5, 5.41) is 4.69. The Morgan fingerprint density at radius 1 is 1.62 bits per heavy atom. The Labute approximate surface area is 106 Å². The van der Waals surface area contributed by atoms with Gasteiger partial charge in [-0.05, 0) is 24.7 Å². The molecule has 1 fully saturated rings. The smallest absolute Gasteiger partial charge is 0.113 e. The molecule has 0 radical (unpaired) electrons. The molecule has 0 aromatic carbocycles.